The minimum absolute atomic E-state index is 0.000418. The van der Waals surface area contributed by atoms with Gasteiger partial charge in [-0.3, -0.25) is 9.59 Å². The Morgan fingerprint density at radius 1 is 1.22 bits per heavy atom. The van der Waals surface area contributed by atoms with Gasteiger partial charge in [-0.25, -0.2) is 13.8 Å². The highest BCUT2D eigenvalue weighted by atomic mass is 32.1. The molecule has 0 fully saturated rings. The van der Waals surface area contributed by atoms with Gasteiger partial charge in [0.1, 0.15) is 0 Å². The first kappa shape index (κ1) is 21.0. The van der Waals surface area contributed by atoms with E-state index in [4.69, 9.17) is 5.11 Å². The zero-order valence-electron chi connectivity index (χ0n) is 15.5. The summed E-state index contributed by atoms with van der Waals surface area (Å²) in [7, 11) is 0. The fourth-order valence-corrected chi connectivity index (χ4v) is 3.29. The van der Waals surface area contributed by atoms with Crippen LogP contribution >= 0.6 is 11.3 Å². The van der Waals surface area contributed by atoms with Crippen molar-refractivity contribution in [1.29, 1.82) is 0 Å². The number of aromatic nitrogens is 1. The van der Waals surface area contributed by atoms with Crippen molar-refractivity contribution in [1.82, 2.24) is 9.88 Å². The molecule has 0 unspecified atom stereocenters. The highest BCUT2D eigenvalue weighted by Crippen LogP contribution is 2.26. The number of carboxylic acids is 1. The summed E-state index contributed by atoms with van der Waals surface area (Å²) in [6, 6.07) is 3.37. The van der Waals surface area contributed by atoms with Crippen LogP contribution in [0.15, 0.2) is 23.6 Å². The van der Waals surface area contributed by atoms with Gasteiger partial charge in [-0.2, -0.15) is 0 Å². The van der Waals surface area contributed by atoms with Crippen LogP contribution in [0.2, 0.25) is 0 Å². The predicted octanol–water partition coefficient (Wildman–Crippen LogP) is 3.76. The van der Waals surface area contributed by atoms with E-state index in [2.05, 4.69) is 4.98 Å². The van der Waals surface area contributed by atoms with Crippen LogP contribution in [-0.4, -0.2) is 33.4 Å². The quantitative estimate of drug-likeness (QED) is 0.774. The van der Waals surface area contributed by atoms with E-state index in [1.54, 1.807) is 0 Å². The predicted molar refractivity (Wildman–Crippen MR) is 98.5 cm³/mol. The summed E-state index contributed by atoms with van der Waals surface area (Å²) < 4.78 is 26.5. The molecule has 1 aromatic carbocycles. The lowest BCUT2D eigenvalue weighted by Gasteiger charge is -2.22. The number of hydrogen-bond donors (Lipinski definition) is 1. The van der Waals surface area contributed by atoms with E-state index in [0.717, 1.165) is 17.1 Å². The molecule has 1 amide bonds. The summed E-state index contributed by atoms with van der Waals surface area (Å²) in [6.07, 6.45) is -0.213. The second-order valence-corrected chi connectivity index (χ2v) is 8.14. The van der Waals surface area contributed by atoms with E-state index in [1.807, 2.05) is 26.2 Å². The van der Waals surface area contributed by atoms with Crippen LogP contribution in [0.5, 0.6) is 0 Å². The Kier molecular flexibility index (Phi) is 6.64. The number of nitrogens with zero attached hydrogens (tertiary/aromatic N) is 2. The maximum Gasteiger partial charge on any atom is 0.305 e. The summed E-state index contributed by atoms with van der Waals surface area (Å²) in [5, 5.41) is 11.6. The van der Waals surface area contributed by atoms with Crippen LogP contribution < -0.4 is 0 Å². The Bertz CT molecular complexity index is 831. The zero-order chi connectivity index (χ0) is 20.2. The Labute approximate surface area is 160 Å². The van der Waals surface area contributed by atoms with Crippen molar-refractivity contribution in [3.8, 4) is 0 Å². The molecule has 0 saturated heterocycles. The average Bonchev–Trinajstić information content (AvgIpc) is 3.03. The van der Waals surface area contributed by atoms with Crippen molar-refractivity contribution in [2.45, 2.75) is 45.6 Å². The number of thiazole rings is 1. The molecule has 0 saturated carbocycles. The molecule has 0 radical (unpaired) electrons. The van der Waals surface area contributed by atoms with Gasteiger partial charge in [0, 0.05) is 23.9 Å². The molecule has 0 bridgehead atoms. The fraction of sp³-hybridized carbons (Fsp3) is 0.421. The van der Waals surface area contributed by atoms with E-state index in [1.165, 1.54) is 22.3 Å². The molecule has 1 heterocycles. The van der Waals surface area contributed by atoms with Crippen molar-refractivity contribution in [2.75, 3.05) is 6.54 Å². The summed E-state index contributed by atoms with van der Waals surface area (Å²) in [4.78, 5) is 29.4. The number of amides is 1. The molecule has 0 atom stereocenters. The van der Waals surface area contributed by atoms with Crippen LogP contribution in [0.1, 0.15) is 43.5 Å². The van der Waals surface area contributed by atoms with Crippen molar-refractivity contribution in [3.05, 3.63) is 51.5 Å². The third-order valence-corrected chi connectivity index (χ3v) is 5.15. The number of carboxylic acid groups (broad SMARTS) is 1. The van der Waals surface area contributed by atoms with Gasteiger partial charge >= 0.3 is 5.97 Å². The van der Waals surface area contributed by atoms with Crippen molar-refractivity contribution in [3.63, 3.8) is 0 Å². The second-order valence-electron chi connectivity index (χ2n) is 7.28. The lowest BCUT2D eigenvalue weighted by Crippen LogP contribution is -2.34. The molecule has 1 N–H and O–H groups in total. The van der Waals surface area contributed by atoms with Crippen molar-refractivity contribution < 1.29 is 23.5 Å². The number of benzene rings is 1. The first-order valence-electron chi connectivity index (χ1n) is 8.44. The molecule has 0 aliphatic carbocycles. The Balaban J connectivity index is 2.14. The second kappa shape index (κ2) is 8.56. The molecular weight excluding hydrogens is 374 g/mol. The van der Waals surface area contributed by atoms with E-state index in [-0.39, 0.29) is 37.3 Å². The van der Waals surface area contributed by atoms with Gasteiger partial charge in [0.15, 0.2) is 11.6 Å². The van der Waals surface area contributed by atoms with E-state index in [9.17, 15) is 18.4 Å². The highest BCUT2D eigenvalue weighted by Gasteiger charge is 2.21. The molecule has 2 aromatic rings. The first-order valence-corrected chi connectivity index (χ1v) is 9.32. The topological polar surface area (TPSA) is 70.5 Å². The van der Waals surface area contributed by atoms with Gasteiger partial charge in [0.2, 0.25) is 5.91 Å². The standard InChI is InChI=1S/C19H22F2N2O3S/c1-19(2,3)18-22-13(11-27-18)9-16(24)23(7-6-17(25)26)10-12-4-5-14(20)15(21)8-12/h4-5,8,11H,6-7,9-10H2,1-3H3,(H,25,26). The molecule has 0 aliphatic rings. The molecule has 0 spiro atoms. The van der Waals surface area contributed by atoms with Gasteiger partial charge in [-0.05, 0) is 17.7 Å². The molecule has 0 aliphatic heterocycles. The summed E-state index contributed by atoms with van der Waals surface area (Å²) in [6.45, 7) is 6.06. The maximum atomic E-state index is 13.4. The monoisotopic (exact) mass is 396 g/mol. The highest BCUT2D eigenvalue weighted by molar-refractivity contribution is 7.09. The van der Waals surface area contributed by atoms with Gasteiger partial charge in [-0.15, -0.1) is 11.3 Å². The summed E-state index contributed by atoms with van der Waals surface area (Å²) >= 11 is 1.47. The largest absolute Gasteiger partial charge is 0.481 e. The van der Waals surface area contributed by atoms with Crippen LogP contribution in [0.4, 0.5) is 8.78 Å². The summed E-state index contributed by atoms with van der Waals surface area (Å²) in [5.41, 5.74) is 0.877. The van der Waals surface area contributed by atoms with E-state index < -0.39 is 17.6 Å². The van der Waals surface area contributed by atoms with Gasteiger partial charge in [-0.1, -0.05) is 26.8 Å². The fourth-order valence-electron chi connectivity index (χ4n) is 2.38. The van der Waals surface area contributed by atoms with Crippen LogP contribution in [0, 0.1) is 11.6 Å². The summed E-state index contributed by atoms with van der Waals surface area (Å²) in [5.74, 6) is -3.33. The number of carbonyl (C=O) groups excluding carboxylic acids is 1. The van der Waals surface area contributed by atoms with Crippen LogP contribution in [0.25, 0.3) is 0 Å². The van der Waals surface area contributed by atoms with E-state index in [0.29, 0.717) is 11.3 Å². The smallest absolute Gasteiger partial charge is 0.305 e. The third-order valence-electron chi connectivity index (χ3n) is 3.83. The minimum Gasteiger partial charge on any atom is -0.481 e. The molecule has 8 heteroatoms. The number of halogens is 2. The van der Waals surface area contributed by atoms with Crippen LogP contribution in [0.3, 0.4) is 0 Å². The minimum atomic E-state index is -1.04. The van der Waals surface area contributed by atoms with Crippen molar-refractivity contribution >= 4 is 23.2 Å². The Hall–Kier alpha value is -2.35. The first-order chi connectivity index (χ1) is 12.6. The lowest BCUT2D eigenvalue weighted by molar-refractivity contribution is -0.138. The Morgan fingerprint density at radius 2 is 1.93 bits per heavy atom. The van der Waals surface area contributed by atoms with Crippen molar-refractivity contribution in [2.24, 2.45) is 0 Å². The van der Waals surface area contributed by atoms with Crippen LogP contribution in [-0.2, 0) is 28.0 Å². The number of hydrogen-bond acceptors (Lipinski definition) is 4. The van der Waals surface area contributed by atoms with Gasteiger partial charge < -0.3 is 10.0 Å². The number of carbonyl (C=O) groups is 2. The normalized spacial score (nSPS) is 11.4. The Morgan fingerprint density at radius 3 is 2.48 bits per heavy atom. The SMILES string of the molecule is CC(C)(C)c1nc(CC(=O)N(CCC(=O)O)Cc2ccc(F)c(F)c2)cs1. The zero-order valence-corrected chi connectivity index (χ0v) is 16.3. The van der Waals surface area contributed by atoms with Gasteiger partial charge in [0.05, 0.1) is 23.5 Å². The molecule has 2 rings (SSSR count). The van der Waals surface area contributed by atoms with E-state index >= 15 is 0 Å². The molecule has 1 aromatic heterocycles. The molecule has 146 valence electrons. The number of aliphatic carboxylic acids is 1. The lowest BCUT2D eigenvalue weighted by atomic mass is 9.98. The van der Waals surface area contributed by atoms with Gasteiger partial charge in [0.25, 0.3) is 0 Å². The maximum absolute atomic E-state index is 13.4. The third kappa shape index (κ3) is 6.09. The molecule has 27 heavy (non-hydrogen) atoms. The molecular formula is C19H22F2N2O3S. The average molecular weight is 396 g/mol. The molecule has 5 nitrogen and oxygen atoms in total. The number of rotatable bonds is 7.